The predicted octanol–water partition coefficient (Wildman–Crippen LogP) is 11.1. The van der Waals surface area contributed by atoms with Gasteiger partial charge in [0.1, 0.15) is 32.9 Å². The van der Waals surface area contributed by atoms with E-state index in [1.807, 2.05) is 42.2 Å². The summed E-state index contributed by atoms with van der Waals surface area (Å²) < 4.78 is 48.3. The lowest BCUT2D eigenvalue weighted by molar-refractivity contribution is 0.131. The van der Waals surface area contributed by atoms with E-state index < -0.39 is 9.84 Å². The largest absolute Gasteiger partial charge is 0.467 e. The number of thiazole rings is 2. The summed E-state index contributed by atoms with van der Waals surface area (Å²) in [5, 5.41) is 11.2. The van der Waals surface area contributed by atoms with Crippen molar-refractivity contribution in [1.29, 1.82) is 0 Å². The van der Waals surface area contributed by atoms with Crippen molar-refractivity contribution in [3.63, 3.8) is 0 Å². The monoisotopic (exact) mass is 1080 g/mol. The summed E-state index contributed by atoms with van der Waals surface area (Å²) in [7, 11) is -3.31. The standard InChI is InChI=1S/C26H30N6O4S2.C26H30N6O2S2/c1-15(2)23-30-25(36-31-23)32-12-10-17(11-13-32)16(3)35-26-29-21-8-7-20(28-24(21)37-26)18-4-9-22(27-14-18)38(33,34)19-5-6-19;1-15(2)23-30-25(34-31-23)32-12-10-17(11-13-32)16(3)33-26-29-21-8-7-20(28-24(21)36-26)18-4-9-22(27-14-18)35-19-5-6-19/h4,7-9,14-17,19H,5-6,10-13H2,1-3H3;4,7-9,14-17,19H,5-6,10-13H2,1-3H3/t2*16-/m00/s1. The lowest BCUT2D eigenvalue weighted by Gasteiger charge is -2.33. The van der Waals surface area contributed by atoms with Crippen molar-refractivity contribution in [1.82, 2.24) is 50.2 Å². The van der Waals surface area contributed by atoms with Gasteiger partial charge in [0.05, 0.1) is 21.7 Å². The van der Waals surface area contributed by atoms with Crippen LogP contribution in [0.25, 0.3) is 43.2 Å². The quantitative estimate of drug-likeness (QED) is 0.0879. The molecule has 0 unspecified atom stereocenters. The Hall–Kier alpha value is -5.84. The maximum absolute atomic E-state index is 12.4. The number of rotatable bonds is 16. The van der Waals surface area contributed by atoms with E-state index in [2.05, 4.69) is 104 Å². The summed E-state index contributed by atoms with van der Waals surface area (Å²) in [6, 6.07) is 16.6. The van der Waals surface area contributed by atoms with Crippen LogP contribution >= 0.6 is 34.4 Å². The minimum absolute atomic E-state index is 0.0104. The number of hydrogen-bond acceptors (Lipinski definition) is 21. The Morgan fingerprint density at radius 2 is 1.07 bits per heavy atom. The molecule has 8 aromatic heterocycles. The van der Waals surface area contributed by atoms with Crippen LogP contribution < -0.4 is 19.3 Å². The Labute approximate surface area is 442 Å². The Morgan fingerprint density at radius 3 is 1.47 bits per heavy atom. The number of anilines is 2. The molecule has 10 heterocycles. The fourth-order valence-corrected chi connectivity index (χ4v) is 13.3. The van der Waals surface area contributed by atoms with Gasteiger partial charge in [0.2, 0.25) is 0 Å². The molecule has 2 saturated heterocycles. The van der Waals surface area contributed by atoms with Crippen LogP contribution in [0.3, 0.4) is 0 Å². The SMILES string of the molecule is CC(C)c1noc(N2CCC([C@H](C)Oc3nc4ccc(-c5ccc(S(=O)(=O)C6CC6)nc5)nc4s3)CC2)n1.CC(C)c1noc(N2CCC([C@H](C)Oc3nc4ccc(-c5ccc(SC6CC6)nc5)nc4s3)CC2)n1. The minimum atomic E-state index is -3.31. The third-order valence-electron chi connectivity index (χ3n) is 14.0. The molecule has 22 heteroatoms. The third kappa shape index (κ3) is 11.5. The fourth-order valence-electron chi connectivity index (χ4n) is 9.03. The van der Waals surface area contributed by atoms with Crippen LogP contribution in [0.2, 0.25) is 0 Å². The molecule has 388 valence electrons. The van der Waals surface area contributed by atoms with E-state index in [1.165, 1.54) is 35.5 Å². The van der Waals surface area contributed by atoms with Crippen LogP contribution in [0.4, 0.5) is 12.0 Å². The van der Waals surface area contributed by atoms with Crippen molar-refractivity contribution in [3.8, 4) is 32.9 Å². The van der Waals surface area contributed by atoms with Crippen LogP contribution in [0.15, 0.2) is 80.0 Å². The summed E-state index contributed by atoms with van der Waals surface area (Å²) in [6.45, 7) is 15.9. The second kappa shape index (κ2) is 21.4. The van der Waals surface area contributed by atoms with Crippen LogP contribution in [0, 0.1) is 11.8 Å². The molecule has 0 radical (unpaired) electrons. The highest BCUT2D eigenvalue weighted by Gasteiger charge is 2.38. The number of hydrogen-bond donors (Lipinski definition) is 0. The van der Waals surface area contributed by atoms with E-state index in [-0.39, 0.29) is 34.3 Å². The first kappa shape index (κ1) is 50.3. The first-order valence-electron chi connectivity index (χ1n) is 25.7. The molecule has 0 N–H and O–H groups in total. The zero-order chi connectivity index (χ0) is 51.1. The number of aromatic nitrogens is 10. The van der Waals surface area contributed by atoms with Crippen LogP contribution in [0.5, 0.6) is 10.4 Å². The predicted molar refractivity (Wildman–Crippen MR) is 287 cm³/mol. The number of ether oxygens (including phenoxy) is 2. The molecule has 0 spiro atoms. The molecule has 74 heavy (non-hydrogen) atoms. The van der Waals surface area contributed by atoms with Gasteiger partial charge >= 0.3 is 12.0 Å². The van der Waals surface area contributed by atoms with Crippen LogP contribution in [0.1, 0.15) is 116 Å². The lowest BCUT2D eigenvalue weighted by atomic mass is 9.92. The highest BCUT2D eigenvalue weighted by atomic mass is 32.2. The van der Waals surface area contributed by atoms with Crippen molar-refractivity contribution in [2.75, 3.05) is 36.0 Å². The van der Waals surface area contributed by atoms with E-state index in [1.54, 1.807) is 18.3 Å². The highest BCUT2D eigenvalue weighted by molar-refractivity contribution is 8.00. The smallest absolute Gasteiger partial charge is 0.324 e. The molecule has 2 aliphatic heterocycles. The minimum Gasteiger partial charge on any atom is -0.467 e. The van der Waals surface area contributed by atoms with E-state index in [0.717, 1.165) is 130 Å². The molecule has 2 atom stereocenters. The van der Waals surface area contributed by atoms with Crippen LogP contribution in [-0.4, -0.2) is 107 Å². The van der Waals surface area contributed by atoms with E-state index in [4.69, 9.17) is 28.5 Å². The summed E-state index contributed by atoms with van der Waals surface area (Å²) in [5.74, 6) is 2.85. The first-order chi connectivity index (χ1) is 35.8. The molecule has 4 fully saturated rings. The molecular formula is C52H60N12O6S4. The highest BCUT2D eigenvalue weighted by Crippen LogP contribution is 2.39. The second-order valence-electron chi connectivity index (χ2n) is 20.3. The normalized spacial score (nSPS) is 17.8. The van der Waals surface area contributed by atoms with Crippen molar-refractivity contribution < 1.29 is 26.9 Å². The molecule has 0 aromatic carbocycles. The summed E-state index contributed by atoms with van der Waals surface area (Å²) in [4.78, 5) is 42.8. The molecule has 2 aliphatic carbocycles. The molecule has 0 bridgehead atoms. The number of pyridine rings is 4. The third-order valence-corrected chi connectivity index (χ3v) is 19.2. The Bertz CT molecular complexity index is 3300. The van der Waals surface area contributed by atoms with Gasteiger partial charge in [0.15, 0.2) is 26.5 Å². The van der Waals surface area contributed by atoms with Gasteiger partial charge in [0.25, 0.3) is 10.4 Å². The number of piperidine rings is 2. The average Bonchev–Trinajstić information content (AvgIpc) is 4.19. The molecule has 12 rings (SSSR count). The lowest BCUT2D eigenvalue weighted by Crippen LogP contribution is -2.38. The van der Waals surface area contributed by atoms with Gasteiger partial charge in [-0.3, -0.25) is 0 Å². The first-order valence-corrected chi connectivity index (χ1v) is 29.7. The van der Waals surface area contributed by atoms with Crippen LogP contribution in [-0.2, 0) is 9.84 Å². The van der Waals surface area contributed by atoms with Gasteiger partial charge in [-0.25, -0.2) is 38.3 Å². The Morgan fingerprint density at radius 1 is 0.581 bits per heavy atom. The Kier molecular flexibility index (Phi) is 14.6. The molecule has 2 saturated carbocycles. The maximum Gasteiger partial charge on any atom is 0.324 e. The summed E-state index contributed by atoms with van der Waals surface area (Å²) in [6.07, 6.45) is 11.6. The summed E-state index contributed by atoms with van der Waals surface area (Å²) in [5.41, 5.74) is 5.06. The summed E-state index contributed by atoms with van der Waals surface area (Å²) >= 11 is 4.79. The second-order valence-corrected chi connectivity index (χ2v) is 25.7. The zero-order valence-corrected chi connectivity index (χ0v) is 45.6. The van der Waals surface area contributed by atoms with E-state index in [0.29, 0.717) is 34.3 Å². The fraction of sp³-hybridized carbons (Fsp3) is 0.500. The van der Waals surface area contributed by atoms with Crippen molar-refractivity contribution >= 4 is 77.0 Å². The van der Waals surface area contributed by atoms with E-state index >= 15 is 0 Å². The van der Waals surface area contributed by atoms with Gasteiger partial charge < -0.3 is 28.3 Å². The number of thioether (sulfide) groups is 1. The van der Waals surface area contributed by atoms with Gasteiger partial charge in [-0.05, 0) is 126 Å². The van der Waals surface area contributed by atoms with Gasteiger partial charge in [-0.1, -0.05) is 60.7 Å². The molecular weight excluding hydrogens is 1020 g/mol. The average molecular weight is 1080 g/mol. The molecule has 8 aromatic rings. The molecule has 4 aliphatic rings. The van der Waals surface area contributed by atoms with Crippen molar-refractivity contribution in [3.05, 3.63) is 72.6 Å². The molecule has 0 amide bonds. The number of nitrogens with zero attached hydrogens (tertiary/aromatic N) is 12. The Balaban J connectivity index is 0.000000159. The van der Waals surface area contributed by atoms with Gasteiger partial charge in [-0.15, -0.1) is 11.8 Å². The zero-order valence-electron chi connectivity index (χ0n) is 42.3. The van der Waals surface area contributed by atoms with Crippen molar-refractivity contribution in [2.24, 2.45) is 11.8 Å². The van der Waals surface area contributed by atoms with Gasteiger partial charge in [-0.2, -0.15) is 9.97 Å². The van der Waals surface area contributed by atoms with E-state index in [9.17, 15) is 8.42 Å². The van der Waals surface area contributed by atoms with Gasteiger partial charge in [0, 0.05) is 66.8 Å². The molecule has 18 nitrogen and oxygen atoms in total. The maximum atomic E-state index is 12.4. The number of sulfone groups is 1. The topological polar surface area (TPSA) is 214 Å². The van der Waals surface area contributed by atoms with Crippen molar-refractivity contribution in [2.45, 2.75) is 138 Å². The number of fused-ring (bicyclic) bond motifs is 2.